The first-order valence-electron chi connectivity index (χ1n) is 7.22. The molecule has 0 spiro atoms. The third-order valence-corrected chi connectivity index (χ3v) is 4.04. The number of esters is 1. The van der Waals surface area contributed by atoms with Crippen LogP contribution >= 0.6 is 11.8 Å². The number of amides is 1. The molecule has 1 aliphatic heterocycles. The Morgan fingerprint density at radius 2 is 1.77 bits per heavy atom. The highest BCUT2D eigenvalue weighted by Gasteiger charge is 2.25. The molecule has 0 saturated carbocycles. The Kier molecular flexibility index (Phi) is 6.61. The van der Waals surface area contributed by atoms with Gasteiger partial charge in [0.2, 0.25) is 5.75 Å². The number of nitrogens with zero attached hydrogens (tertiary/aromatic N) is 2. The average Bonchev–Trinajstić information content (AvgIpc) is 2.99. The van der Waals surface area contributed by atoms with Gasteiger partial charge in [0.15, 0.2) is 16.7 Å². The van der Waals surface area contributed by atoms with Crippen molar-refractivity contribution in [2.75, 3.05) is 28.4 Å². The number of methoxy groups -OCH3 is 4. The van der Waals surface area contributed by atoms with E-state index in [-0.39, 0.29) is 10.1 Å². The summed E-state index contributed by atoms with van der Waals surface area (Å²) in [4.78, 5) is 23.1. The van der Waals surface area contributed by atoms with Crippen LogP contribution in [-0.2, 0) is 14.3 Å². The smallest absolute Gasteiger partial charge is 0.331 e. The first-order valence-corrected chi connectivity index (χ1v) is 8.04. The van der Waals surface area contributed by atoms with Crippen LogP contribution in [-0.4, -0.2) is 51.7 Å². The van der Waals surface area contributed by atoms with Gasteiger partial charge < -0.3 is 18.9 Å². The molecule has 1 saturated heterocycles. The fourth-order valence-corrected chi connectivity index (χ4v) is 2.70. The molecule has 2 rings (SSSR count). The summed E-state index contributed by atoms with van der Waals surface area (Å²) in [6.07, 6.45) is 2.55. The van der Waals surface area contributed by atoms with Crippen LogP contribution in [0.1, 0.15) is 5.56 Å². The summed E-state index contributed by atoms with van der Waals surface area (Å²) in [7, 11) is 5.77. The van der Waals surface area contributed by atoms with Crippen LogP contribution in [0.5, 0.6) is 17.2 Å². The number of hydrogen-bond acceptors (Lipinski definition) is 9. The highest BCUT2D eigenvalue weighted by Crippen LogP contribution is 2.37. The van der Waals surface area contributed by atoms with Gasteiger partial charge in [0, 0.05) is 11.6 Å². The van der Waals surface area contributed by atoms with Gasteiger partial charge in [0.05, 0.1) is 39.6 Å². The number of rotatable bonds is 6. The SMILES string of the molecule is COC(=O)/C=C1/S/C(=N\N=C/c2cc(OC)c(OC)c(OC)c2)NC1=O. The predicted octanol–water partition coefficient (Wildman–Crippen LogP) is 1.32. The Morgan fingerprint density at radius 3 is 2.31 bits per heavy atom. The van der Waals surface area contributed by atoms with Gasteiger partial charge in [0.1, 0.15) is 0 Å². The molecule has 1 aromatic carbocycles. The van der Waals surface area contributed by atoms with Gasteiger partial charge in [-0.1, -0.05) is 0 Å². The third-order valence-electron chi connectivity index (χ3n) is 3.14. The van der Waals surface area contributed by atoms with Crippen LogP contribution in [0.15, 0.2) is 33.3 Å². The van der Waals surface area contributed by atoms with Gasteiger partial charge in [0.25, 0.3) is 5.91 Å². The van der Waals surface area contributed by atoms with Crippen LogP contribution in [0, 0.1) is 0 Å². The van der Waals surface area contributed by atoms with Crippen LogP contribution in [0.25, 0.3) is 0 Å². The summed E-state index contributed by atoms with van der Waals surface area (Å²) in [5.41, 5.74) is 0.656. The van der Waals surface area contributed by atoms with Crippen LogP contribution in [0.4, 0.5) is 0 Å². The third kappa shape index (κ3) is 4.54. The monoisotopic (exact) mass is 379 g/mol. The zero-order valence-electron chi connectivity index (χ0n) is 14.6. The van der Waals surface area contributed by atoms with Gasteiger partial charge in [-0.3, -0.25) is 10.1 Å². The summed E-state index contributed by atoms with van der Waals surface area (Å²) < 4.78 is 20.3. The molecule has 0 unspecified atom stereocenters. The van der Waals surface area contributed by atoms with Crippen molar-refractivity contribution in [3.8, 4) is 17.2 Å². The van der Waals surface area contributed by atoms with E-state index in [2.05, 4.69) is 20.3 Å². The second-order valence-corrected chi connectivity index (χ2v) is 5.73. The maximum absolute atomic E-state index is 11.7. The molecule has 9 nitrogen and oxygen atoms in total. The number of carbonyl (C=O) groups is 2. The average molecular weight is 379 g/mol. The molecule has 1 aromatic rings. The van der Waals surface area contributed by atoms with Crippen molar-refractivity contribution in [2.45, 2.75) is 0 Å². The molecule has 1 amide bonds. The lowest BCUT2D eigenvalue weighted by molar-refractivity contribution is -0.135. The number of nitrogens with one attached hydrogen (secondary N) is 1. The van der Waals surface area contributed by atoms with Crippen molar-refractivity contribution >= 4 is 35.0 Å². The minimum Gasteiger partial charge on any atom is -0.493 e. The molecule has 10 heteroatoms. The van der Waals surface area contributed by atoms with Gasteiger partial charge in [-0.05, 0) is 23.9 Å². The van der Waals surface area contributed by atoms with E-state index in [1.165, 1.54) is 34.7 Å². The van der Waals surface area contributed by atoms with Gasteiger partial charge in [-0.15, -0.1) is 5.10 Å². The number of ether oxygens (including phenoxy) is 4. The predicted molar refractivity (Wildman–Crippen MR) is 97.0 cm³/mol. The van der Waals surface area contributed by atoms with E-state index in [1.807, 2.05) is 0 Å². The number of carbonyl (C=O) groups excluding carboxylic acids is 2. The zero-order valence-corrected chi connectivity index (χ0v) is 15.4. The molecule has 1 N–H and O–H groups in total. The molecule has 1 fully saturated rings. The molecule has 26 heavy (non-hydrogen) atoms. The Hall–Kier alpha value is -3.01. The van der Waals surface area contributed by atoms with Crippen molar-refractivity contribution in [1.82, 2.24) is 5.32 Å². The number of benzene rings is 1. The Labute approximate surface area is 154 Å². The normalized spacial score (nSPS) is 16.8. The van der Waals surface area contributed by atoms with Crippen LogP contribution in [0.3, 0.4) is 0 Å². The number of thioether (sulfide) groups is 1. The summed E-state index contributed by atoms with van der Waals surface area (Å²) in [5, 5.41) is 10.6. The maximum Gasteiger partial charge on any atom is 0.331 e. The minimum absolute atomic E-state index is 0.179. The molecular weight excluding hydrogens is 362 g/mol. The first-order chi connectivity index (χ1) is 12.5. The highest BCUT2D eigenvalue weighted by atomic mass is 32.2. The standard InChI is InChI=1S/C16H17N3O6S/c1-22-10-5-9(6-11(23-2)14(10)25-4)8-17-19-16-18-15(21)12(26-16)7-13(20)24-3/h5-8H,1-4H3,(H,18,19,21)/b12-7+,17-8-. The van der Waals surface area contributed by atoms with Gasteiger partial charge in [-0.2, -0.15) is 5.10 Å². The molecule has 0 aliphatic carbocycles. The lowest BCUT2D eigenvalue weighted by Gasteiger charge is -2.12. The molecular formula is C16H17N3O6S. The summed E-state index contributed by atoms with van der Waals surface area (Å²) in [6, 6.07) is 3.40. The van der Waals surface area contributed by atoms with E-state index < -0.39 is 11.9 Å². The summed E-state index contributed by atoms with van der Waals surface area (Å²) in [5.74, 6) is 0.363. The molecule has 0 aromatic heterocycles. The largest absolute Gasteiger partial charge is 0.493 e. The van der Waals surface area contributed by atoms with E-state index in [0.717, 1.165) is 17.8 Å². The van der Waals surface area contributed by atoms with E-state index in [9.17, 15) is 9.59 Å². The summed E-state index contributed by atoms with van der Waals surface area (Å²) >= 11 is 0.985. The van der Waals surface area contributed by atoms with Crippen molar-refractivity contribution in [3.05, 3.63) is 28.7 Å². The van der Waals surface area contributed by atoms with Gasteiger partial charge >= 0.3 is 5.97 Å². The minimum atomic E-state index is -0.621. The second kappa shape index (κ2) is 8.90. The number of hydrogen-bond donors (Lipinski definition) is 1. The van der Waals surface area contributed by atoms with Crippen LogP contribution in [0.2, 0.25) is 0 Å². The summed E-state index contributed by atoms with van der Waals surface area (Å²) in [6.45, 7) is 0. The Morgan fingerprint density at radius 1 is 1.12 bits per heavy atom. The van der Waals surface area contributed by atoms with Crippen molar-refractivity contribution < 1.29 is 28.5 Å². The molecule has 1 aliphatic rings. The van der Waals surface area contributed by atoms with Crippen molar-refractivity contribution in [3.63, 3.8) is 0 Å². The molecule has 0 bridgehead atoms. The maximum atomic E-state index is 11.7. The zero-order chi connectivity index (χ0) is 19.1. The number of amidine groups is 1. The molecule has 0 atom stereocenters. The highest BCUT2D eigenvalue weighted by molar-refractivity contribution is 8.18. The van der Waals surface area contributed by atoms with Crippen molar-refractivity contribution in [1.29, 1.82) is 0 Å². The van der Waals surface area contributed by atoms with Crippen LogP contribution < -0.4 is 19.5 Å². The lowest BCUT2D eigenvalue weighted by Crippen LogP contribution is -2.19. The second-order valence-electron chi connectivity index (χ2n) is 4.70. The molecule has 138 valence electrons. The van der Waals surface area contributed by atoms with E-state index in [1.54, 1.807) is 12.1 Å². The topological polar surface area (TPSA) is 108 Å². The molecule has 1 heterocycles. The van der Waals surface area contributed by atoms with Crippen molar-refractivity contribution in [2.24, 2.45) is 10.2 Å². The Balaban J connectivity index is 2.18. The van der Waals surface area contributed by atoms with E-state index in [0.29, 0.717) is 22.8 Å². The molecule has 0 radical (unpaired) electrons. The quantitative estimate of drug-likeness (QED) is 0.344. The Bertz CT molecular complexity index is 778. The van der Waals surface area contributed by atoms with Gasteiger partial charge in [-0.25, -0.2) is 4.79 Å². The lowest BCUT2D eigenvalue weighted by atomic mass is 10.2. The fourth-order valence-electron chi connectivity index (χ4n) is 1.96. The van der Waals surface area contributed by atoms with E-state index in [4.69, 9.17) is 14.2 Å². The fraction of sp³-hybridized carbons (Fsp3) is 0.250. The first kappa shape index (κ1) is 19.3. The van der Waals surface area contributed by atoms with E-state index >= 15 is 0 Å².